The van der Waals surface area contributed by atoms with E-state index in [0.717, 1.165) is 32.7 Å². The molecule has 3 heterocycles. The van der Waals surface area contributed by atoms with Gasteiger partial charge < -0.3 is 24.7 Å². The maximum atomic E-state index is 11.7. The van der Waals surface area contributed by atoms with Crippen molar-refractivity contribution in [1.82, 2.24) is 24.5 Å². The van der Waals surface area contributed by atoms with Gasteiger partial charge in [0.25, 0.3) is 0 Å². The predicted molar refractivity (Wildman–Crippen MR) is 124 cm³/mol. The first-order chi connectivity index (χ1) is 18.0. The first-order valence-electron chi connectivity index (χ1n) is 11.8. The van der Waals surface area contributed by atoms with Crippen LogP contribution in [-0.4, -0.2) is 125 Å². The van der Waals surface area contributed by atoms with E-state index in [2.05, 4.69) is 25.6 Å². The number of carbonyl (C=O) groups excluding carboxylic acids is 1. The van der Waals surface area contributed by atoms with Gasteiger partial charge in [0.1, 0.15) is 6.61 Å². The summed E-state index contributed by atoms with van der Waals surface area (Å²) < 4.78 is 71.3. The van der Waals surface area contributed by atoms with Crippen molar-refractivity contribution in [3.05, 3.63) is 18.0 Å². The third-order valence-corrected chi connectivity index (χ3v) is 5.63. The summed E-state index contributed by atoms with van der Waals surface area (Å²) in [6, 6.07) is 2.11. The number of rotatable bonds is 7. The van der Waals surface area contributed by atoms with Crippen molar-refractivity contribution in [2.24, 2.45) is 5.92 Å². The van der Waals surface area contributed by atoms with Gasteiger partial charge in [-0.3, -0.25) is 14.4 Å². The second kappa shape index (κ2) is 15.6. The molecule has 0 saturated carbocycles. The summed E-state index contributed by atoms with van der Waals surface area (Å²) in [5.41, 5.74) is 1.27. The van der Waals surface area contributed by atoms with Gasteiger partial charge in [-0.1, -0.05) is 0 Å². The van der Waals surface area contributed by atoms with Crippen LogP contribution in [0, 0.1) is 5.92 Å². The van der Waals surface area contributed by atoms with Crippen molar-refractivity contribution in [2.45, 2.75) is 38.3 Å². The number of ether oxygens (including phenoxy) is 1. The average molecular weight is 578 g/mol. The van der Waals surface area contributed by atoms with E-state index in [0.29, 0.717) is 12.5 Å². The van der Waals surface area contributed by atoms with Crippen LogP contribution in [0.25, 0.3) is 0 Å². The van der Waals surface area contributed by atoms with Crippen LogP contribution in [0.4, 0.5) is 26.3 Å². The molecule has 0 spiro atoms. The topological polar surface area (TPSA) is 128 Å². The summed E-state index contributed by atoms with van der Waals surface area (Å²) in [6.07, 6.45) is -5.61. The monoisotopic (exact) mass is 577 g/mol. The Balaban J connectivity index is 0.000000449. The number of carbonyl (C=O) groups is 3. The summed E-state index contributed by atoms with van der Waals surface area (Å²) >= 11 is 0. The van der Waals surface area contributed by atoms with Gasteiger partial charge in [-0.25, -0.2) is 9.59 Å². The third-order valence-electron chi connectivity index (χ3n) is 5.63. The third kappa shape index (κ3) is 13.6. The Kier molecular flexibility index (Phi) is 13.7. The van der Waals surface area contributed by atoms with Crippen molar-refractivity contribution in [3.8, 4) is 0 Å². The van der Waals surface area contributed by atoms with E-state index < -0.39 is 24.3 Å². The summed E-state index contributed by atoms with van der Waals surface area (Å²) in [4.78, 5) is 36.1. The zero-order chi connectivity index (χ0) is 29.8. The number of likely N-dealkylation sites (N-methyl/N-ethyl adjacent to an activating group) is 1. The lowest BCUT2D eigenvalue weighted by molar-refractivity contribution is -0.193. The number of aromatic nitrogens is 2. The molecule has 2 aliphatic rings. The number of nitrogens with zero attached hydrogens (tertiary/aromatic N) is 5. The highest BCUT2D eigenvalue weighted by molar-refractivity contribution is 5.76. The summed E-state index contributed by atoms with van der Waals surface area (Å²) in [7, 11) is 3.51. The highest BCUT2D eigenvalue weighted by Gasteiger charge is 2.38. The van der Waals surface area contributed by atoms with Crippen molar-refractivity contribution in [3.63, 3.8) is 0 Å². The van der Waals surface area contributed by atoms with E-state index >= 15 is 0 Å². The largest absolute Gasteiger partial charge is 0.490 e. The number of likely N-dealkylation sites (tertiary alicyclic amines) is 1. The zero-order valence-electron chi connectivity index (χ0n) is 21.5. The smallest absolute Gasteiger partial charge is 0.475 e. The summed E-state index contributed by atoms with van der Waals surface area (Å²) in [5, 5.41) is 18.7. The van der Waals surface area contributed by atoms with Crippen molar-refractivity contribution >= 4 is 17.8 Å². The standard InChI is InChI=1S/C18H31N5O2.2C2HF3O2/c1-20(2)18(24)15-25-14-16-11-22(10-9-21-7-3-4-8-21)13-17-5-6-19-23(17)12-16;2*3-2(4,5)1(6)7/h5-6,16H,3-4,7-15H2,1-2H3;2*(H,6,7). The molecule has 224 valence electrons. The summed E-state index contributed by atoms with van der Waals surface area (Å²) in [5.74, 6) is -5.14. The van der Waals surface area contributed by atoms with Crippen LogP contribution >= 0.6 is 0 Å². The molecule has 2 N–H and O–H groups in total. The van der Waals surface area contributed by atoms with Crippen LogP contribution in [0.2, 0.25) is 0 Å². The molecule has 1 unspecified atom stereocenters. The van der Waals surface area contributed by atoms with Crippen LogP contribution in [0.3, 0.4) is 0 Å². The van der Waals surface area contributed by atoms with E-state index in [-0.39, 0.29) is 12.5 Å². The molecular formula is C22H33F6N5O6. The Morgan fingerprint density at radius 1 is 0.974 bits per heavy atom. The van der Waals surface area contributed by atoms with E-state index in [4.69, 9.17) is 24.5 Å². The molecule has 0 aliphatic carbocycles. The Hall–Kier alpha value is -2.92. The van der Waals surface area contributed by atoms with Crippen molar-refractivity contribution in [2.75, 3.05) is 60.0 Å². The molecule has 0 aromatic carbocycles. The van der Waals surface area contributed by atoms with E-state index in [9.17, 15) is 31.1 Å². The number of carboxylic acid groups (broad SMARTS) is 2. The van der Waals surface area contributed by atoms with Crippen LogP contribution in [0.15, 0.2) is 12.3 Å². The summed E-state index contributed by atoms with van der Waals surface area (Å²) in [6.45, 7) is 8.25. The van der Waals surface area contributed by atoms with Crippen LogP contribution in [0.1, 0.15) is 18.5 Å². The lowest BCUT2D eigenvalue weighted by atomic mass is 10.1. The molecular weight excluding hydrogens is 544 g/mol. The molecule has 1 atom stereocenters. The lowest BCUT2D eigenvalue weighted by Gasteiger charge is -2.26. The first-order valence-corrected chi connectivity index (χ1v) is 11.8. The molecule has 39 heavy (non-hydrogen) atoms. The molecule has 1 aromatic heterocycles. The Labute approximate surface area is 220 Å². The predicted octanol–water partition coefficient (Wildman–Crippen LogP) is 1.78. The molecule has 0 bridgehead atoms. The van der Waals surface area contributed by atoms with E-state index in [1.807, 2.05) is 6.20 Å². The van der Waals surface area contributed by atoms with Gasteiger partial charge in [-0.2, -0.15) is 31.4 Å². The van der Waals surface area contributed by atoms with Crippen molar-refractivity contribution in [1.29, 1.82) is 0 Å². The Morgan fingerprint density at radius 3 is 1.97 bits per heavy atom. The van der Waals surface area contributed by atoms with Crippen LogP contribution in [0.5, 0.6) is 0 Å². The molecule has 11 nitrogen and oxygen atoms in total. The fourth-order valence-electron chi connectivity index (χ4n) is 3.63. The van der Waals surface area contributed by atoms with Gasteiger partial charge in [-0.15, -0.1) is 0 Å². The van der Waals surface area contributed by atoms with Gasteiger partial charge in [-0.05, 0) is 32.0 Å². The van der Waals surface area contributed by atoms with Gasteiger partial charge in [0.15, 0.2) is 0 Å². The number of amides is 1. The first kappa shape index (κ1) is 34.1. The van der Waals surface area contributed by atoms with Gasteiger partial charge in [0, 0.05) is 58.9 Å². The zero-order valence-corrected chi connectivity index (χ0v) is 21.5. The number of alkyl halides is 6. The van der Waals surface area contributed by atoms with Gasteiger partial charge in [0.2, 0.25) is 5.91 Å². The number of halogens is 6. The Bertz CT molecular complexity index is 894. The number of carboxylic acids is 2. The Morgan fingerprint density at radius 2 is 1.49 bits per heavy atom. The SMILES string of the molecule is CN(C)C(=O)COCC1CN(CCN2CCCC2)Cc2ccnn2C1.O=C(O)C(F)(F)F.O=C(O)C(F)(F)F. The second-order valence-electron chi connectivity index (χ2n) is 9.06. The average Bonchev–Trinajstić information content (AvgIpc) is 3.46. The maximum Gasteiger partial charge on any atom is 0.490 e. The highest BCUT2D eigenvalue weighted by Crippen LogP contribution is 2.17. The maximum absolute atomic E-state index is 11.7. The van der Waals surface area contributed by atoms with E-state index in [1.54, 1.807) is 19.0 Å². The highest BCUT2D eigenvalue weighted by atomic mass is 19.4. The number of fused-ring (bicyclic) bond motifs is 1. The number of aliphatic carboxylic acids is 2. The van der Waals surface area contributed by atoms with Crippen LogP contribution < -0.4 is 0 Å². The fraction of sp³-hybridized carbons (Fsp3) is 0.727. The van der Waals surface area contributed by atoms with Gasteiger partial charge >= 0.3 is 24.3 Å². The molecule has 3 rings (SSSR count). The minimum Gasteiger partial charge on any atom is -0.475 e. The molecule has 0 radical (unpaired) electrons. The lowest BCUT2D eigenvalue weighted by Crippen LogP contribution is -2.37. The molecule has 17 heteroatoms. The number of hydrogen-bond acceptors (Lipinski definition) is 7. The minimum absolute atomic E-state index is 0.0132. The molecule has 1 aromatic rings. The van der Waals surface area contributed by atoms with Crippen molar-refractivity contribution < 1.29 is 55.7 Å². The molecule has 1 amide bonds. The van der Waals surface area contributed by atoms with E-state index in [1.165, 1.54) is 31.6 Å². The normalized spacial score (nSPS) is 18.1. The number of hydrogen-bond donors (Lipinski definition) is 2. The molecule has 2 aliphatic heterocycles. The molecule has 1 saturated heterocycles. The molecule has 1 fully saturated rings. The fourth-order valence-corrected chi connectivity index (χ4v) is 3.63. The van der Waals surface area contributed by atoms with Crippen LogP contribution in [-0.2, 0) is 32.2 Å². The quantitative estimate of drug-likeness (QED) is 0.466. The minimum atomic E-state index is -5.08. The second-order valence-corrected chi connectivity index (χ2v) is 9.06. The van der Waals surface area contributed by atoms with Gasteiger partial charge in [0.05, 0.1) is 12.3 Å².